The highest BCUT2D eigenvalue weighted by molar-refractivity contribution is 5.92. The van der Waals surface area contributed by atoms with Crippen molar-refractivity contribution in [1.82, 2.24) is 4.98 Å². The summed E-state index contributed by atoms with van der Waals surface area (Å²) >= 11 is 0. The molecule has 0 atom stereocenters. The SMILES string of the molecule is CCCCCCCCCCCCCC(C)C.NC(=O)c1cccnc1.OCC(O)CO. The molecule has 0 saturated carbocycles. The highest BCUT2D eigenvalue weighted by Gasteiger charge is 1.96. The number of rotatable bonds is 15. The van der Waals surface area contributed by atoms with Crippen LogP contribution >= 0.6 is 0 Å². The van der Waals surface area contributed by atoms with Crippen molar-refractivity contribution in [3.63, 3.8) is 0 Å². The van der Waals surface area contributed by atoms with Crippen molar-refractivity contribution in [2.24, 2.45) is 11.7 Å². The van der Waals surface area contributed by atoms with Gasteiger partial charge in [-0.15, -0.1) is 0 Å². The van der Waals surface area contributed by atoms with Gasteiger partial charge >= 0.3 is 0 Å². The van der Waals surface area contributed by atoms with E-state index in [1.165, 1.54) is 83.2 Å². The Balaban J connectivity index is 0. The van der Waals surface area contributed by atoms with E-state index in [4.69, 9.17) is 21.1 Å². The summed E-state index contributed by atoms with van der Waals surface area (Å²) in [5, 5.41) is 24.0. The molecular weight excluding hydrogens is 392 g/mol. The molecule has 1 heterocycles. The van der Waals surface area contributed by atoms with Gasteiger partial charge in [-0.2, -0.15) is 0 Å². The Morgan fingerprint density at radius 2 is 1.42 bits per heavy atom. The molecule has 0 saturated heterocycles. The highest BCUT2D eigenvalue weighted by atomic mass is 16.3. The van der Waals surface area contributed by atoms with Crippen molar-refractivity contribution in [1.29, 1.82) is 0 Å². The summed E-state index contributed by atoms with van der Waals surface area (Å²) in [4.78, 5) is 14.1. The first-order valence-electron chi connectivity index (χ1n) is 12.0. The van der Waals surface area contributed by atoms with Crippen molar-refractivity contribution >= 4 is 5.91 Å². The highest BCUT2D eigenvalue weighted by Crippen LogP contribution is 2.13. The van der Waals surface area contributed by atoms with Crippen LogP contribution in [0.1, 0.15) is 108 Å². The molecule has 0 aliphatic rings. The number of aliphatic hydroxyl groups is 3. The van der Waals surface area contributed by atoms with E-state index in [0.717, 1.165) is 5.92 Å². The number of amides is 1. The van der Waals surface area contributed by atoms with Crippen LogP contribution in [0.25, 0.3) is 0 Å². The molecule has 0 aromatic carbocycles. The fourth-order valence-corrected chi connectivity index (χ4v) is 2.78. The lowest BCUT2D eigenvalue weighted by molar-refractivity contribution is 0.0450. The number of hydrogen-bond donors (Lipinski definition) is 4. The molecule has 6 heteroatoms. The third-order valence-electron chi connectivity index (χ3n) is 4.75. The number of carbonyl (C=O) groups excluding carboxylic acids is 1. The lowest BCUT2D eigenvalue weighted by atomic mass is 10.0. The van der Waals surface area contributed by atoms with Crippen LogP contribution in [0.4, 0.5) is 0 Å². The fourth-order valence-electron chi connectivity index (χ4n) is 2.78. The Labute approximate surface area is 190 Å². The number of nitrogens with two attached hydrogens (primary N) is 1. The maximum absolute atomic E-state index is 10.4. The normalized spacial score (nSPS) is 10.3. The van der Waals surface area contributed by atoms with Gasteiger partial charge in [-0.1, -0.05) is 97.8 Å². The Hall–Kier alpha value is -1.50. The number of aliphatic hydroxyl groups excluding tert-OH is 3. The Morgan fingerprint density at radius 3 is 1.71 bits per heavy atom. The molecule has 1 aromatic heterocycles. The molecule has 0 radical (unpaired) electrons. The second-order valence-corrected chi connectivity index (χ2v) is 8.34. The second kappa shape index (κ2) is 24.8. The molecule has 0 spiro atoms. The summed E-state index contributed by atoms with van der Waals surface area (Å²) in [6.45, 7) is 6.22. The van der Waals surface area contributed by atoms with Gasteiger partial charge in [0.25, 0.3) is 0 Å². The third kappa shape index (κ3) is 26.5. The average Bonchev–Trinajstić information content (AvgIpc) is 2.78. The molecule has 0 unspecified atom stereocenters. The summed E-state index contributed by atoms with van der Waals surface area (Å²) in [6, 6.07) is 3.29. The van der Waals surface area contributed by atoms with Crippen LogP contribution in [0, 0.1) is 5.92 Å². The zero-order valence-electron chi connectivity index (χ0n) is 20.1. The number of aromatic nitrogens is 1. The number of pyridine rings is 1. The second-order valence-electron chi connectivity index (χ2n) is 8.34. The van der Waals surface area contributed by atoms with E-state index in [-0.39, 0.29) is 13.2 Å². The maximum Gasteiger partial charge on any atom is 0.250 e. The van der Waals surface area contributed by atoms with Gasteiger partial charge in [0.2, 0.25) is 5.91 Å². The van der Waals surface area contributed by atoms with Crippen LogP contribution < -0.4 is 5.73 Å². The summed E-state index contributed by atoms with van der Waals surface area (Å²) in [5.41, 5.74) is 5.38. The largest absolute Gasteiger partial charge is 0.394 e. The summed E-state index contributed by atoms with van der Waals surface area (Å²) in [7, 11) is 0. The minimum atomic E-state index is -0.954. The first kappa shape index (κ1) is 31.7. The maximum atomic E-state index is 10.4. The van der Waals surface area contributed by atoms with Crippen LogP contribution in [0.5, 0.6) is 0 Å². The minimum absolute atomic E-state index is 0.365. The van der Waals surface area contributed by atoms with E-state index < -0.39 is 12.0 Å². The van der Waals surface area contributed by atoms with Crippen LogP contribution in [0.15, 0.2) is 24.5 Å². The third-order valence-corrected chi connectivity index (χ3v) is 4.75. The summed E-state index contributed by atoms with van der Waals surface area (Å²) in [5.74, 6) is 0.460. The molecule has 0 aliphatic carbocycles. The van der Waals surface area contributed by atoms with E-state index in [1.54, 1.807) is 18.3 Å². The molecule has 1 aromatic rings. The monoisotopic (exact) mass is 440 g/mol. The lowest BCUT2D eigenvalue weighted by Crippen LogP contribution is -2.15. The van der Waals surface area contributed by atoms with E-state index in [2.05, 4.69) is 25.8 Å². The average molecular weight is 441 g/mol. The predicted molar refractivity (Wildman–Crippen MR) is 129 cm³/mol. The molecule has 0 aliphatic heterocycles. The quantitative estimate of drug-likeness (QED) is 0.291. The summed E-state index contributed by atoms with van der Waals surface area (Å²) < 4.78 is 0. The van der Waals surface area contributed by atoms with Crippen LogP contribution in [0.3, 0.4) is 0 Å². The fraction of sp³-hybridized carbons (Fsp3) is 0.760. The zero-order valence-corrected chi connectivity index (χ0v) is 20.1. The van der Waals surface area contributed by atoms with E-state index in [1.807, 2.05) is 0 Å². The van der Waals surface area contributed by atoms with Gasteiger partial charge in [0.15, 0.2) is 0 Å². The number of hydrogen-bond acceptors (Lipinski definition) is 5. The Kier molecular flexibility index (Phi) is 25.3. The van der Waals surface area contributed by atoms with Crippen molar-refractivity contribution in [2.45, 2.75) is 104 Å². The minimum Gasteiger partial charge on any atom is -0.394 e. The molecule has 1 amide bonds. The summed E-state index contributed by atoms with van der Waals surface area (Å²) in [6.07, 6.45) is 19.6. The number of nitrogens with zero attached hydrogens (tertiary/aromatic N) is 1. The van der Waals surface area contributed by atoms with E-state index in [9.17, 15) is 4.79 Å². The molecule has 5 N–H and O–H groups in total. The molecule has 6 nitrogen and oxygen atoms in total. The molecule has 31 heavy (non-hydrogen) atoms. The van der Waals surface area contributed by atoms with Crippen molar-refractivity contribution in [3.05, 3.63) is 30.1 Å². The van der Waals surface area contributed by atoms with Crippen LogP contribution in [-0.4, -0.2) is 45.5 Å². The van der Waals surface area contributed by atoms with E-state index >= 15 is 0 Å². The zero-order chi connectivity index (χ0) is 23.7. The van der Waals surface area contributed by atoms with Gasteiger partial charge in [-0.05, 0) is 18.1 Å². The van der Waals surface area contributed by atoms with Crippen molar-refractivity contribution in [2.75, 3.05) is 13.2 Å². The Morgan fingerprint density at radius 1 is 0.935 bits per heavy atom. The lowest BCUT2D eigenvalue weighted by Gasteiger charge is -2.04. The van der Waals surface area contributed by atoms with Gasteiger partial charge in [0.05, 0.1) is 18.8 Å². The topological polar surface area (TPSA) is 117 Å². The van der Waals surface area contributed by atoms with Gasteiger partial charge in [0.1, 0.15) is 6.10 Å². The molecule has 1 rings (SSSR count). The first-order chi connectivity index (χ1) is 14.9. The van der Waals surface area contributed by atoms with Gasteiger partial charge in [0, 0.05) is 12.4 Å². The van der Waals surface area contributed by atoms with Crippen molar-refractivity contribution < 1.29 is 20.1 Å². The number of primary amides is 1. The molecular formula is C25H48N2O4. The predicted octanol–water partition coefficient (Wildman–Crippen LogP) is 4.86. The number of unbranched alkanes of at least 4 members (excludes halogenated alkanes) is 10. The van der Waals surface area contributed by atoms with Gasteiger partial charge < -0.3 is 21.1 Å². The van der Waals surface area contributed by atoms with Crippen molar-refractivity contribution in [3.8, 4) is 0 Å². The molecule has 0 fully saturated rings. The smallest absolute Gasteiger partial charge is 0.250 e. The Bertz CT molecular complexity index is 480. The first-order valence-corrected chi connectivity index (χ1v) is 12.0. The number of carbonyl (C=O) groups is 1. The standard InChI is InChI=1S/C16H34.C6H6N2O.C3H8O3/c1-4-5-6-7-8-9-10-11-12-13-14-15-16(2)3;7-6(9)5-2-1-3-8-4-5;4-1-3(6)2-5/h16H,4-15H2,1-3H3;1-4H,(H2,7,9);3-6H,1-2H2. The van der Waals surface area contributed by atoms with Crippen LogP contribution in [0.2, 0.25) is 0 Å². The molecule has 182 valence electrons. The molecule has 0 bridgehead atoms. The van der Waals surface area contributed by atoms with Crippen LogP contribution in [-0.2, 0) is 0 Å². The van der Waals surface area contributed by atoms with Gasteiger partial charge in [-0.25, -0.2) is 0 Å². The van der Waals surface area contributed by atoms with Gasteiger partial charge in [-0.3, -0.25) is 9.78 Å². The van der Waals surface area contributed by atoms with E-state index in [0.29, 0.717) is 5.56 Å².